The van der Waals surface area contributed by atoms with Crippen LogP contribution in [0.1, 0.15) is 226 Å². The molecule has 0 aromatic heterocycles. The van der Waals surface area contributed by atoms with Crippen molar-refractivity contribution >= 4 is 17.9 Å². The van der Waals surface area contributed by atoms with E-state index in [1.165, 1.54) is 83.5 Å². The number of hydrogen-bond acceptors (Lipinski definition) is 7. The van der Waals surface area contributed by atoms with Crippen LogP contribution in [-0.2, 0) is 28.6 Å². The van der Waals surface area contributed by atoms with Gasteiger partial charge in [0.25, 0.3) is 0 Å². The Balaban J connectivity index is 4.40. The zero-order valence-corrected chi connectivity index (χ0v) is 38.4. The molecule has 0 amide bonds. The largest absolute Gasteiger partial charge is 0.462 e. The molecule has 7 nitrogen and oxygen atoms in total. The second-order valence-corrected chi connectivity index (χ2v) is 16.2. The van der Waals surface area contributed by atoms with Crippen LogP contribution in [-0.4, -0.2) is 43.8 Å². The SMILES string of the molecule is C=CC/C=C/NCCCCCCCC(=O)OCC(COC(=O)CCCCCCC/C=C/CCCCCCCC)OC(=O)CCCCCCC/C=C/C/C=C/CCCCC. The van der Waals surface area contributed by atoms with Gasteiger partial charge in [-0.25, -0.2) is 0 Å². The van der Waals surface area contributed by atoms with Crippen LogP contribution in [0.2, 0.25) is 0 Å². The first-order chi connectivity index (χ1) is 29.0. The topological polar surface area (TPSA) is 90.9 Å². The van der Waals surface area contributed by atoms with Gasteiger partial charge in [-0.3, -0.25) is 14.4 Å². The van der Waals surface area contributed by atoms with E-state index in [0.717, 1.165) is 116 Å². The van der Waals surface area contributed by atoms with E-state index in [-0.39, 0.29) is 31.1 Å². The zero-order chi connectivity index (χ0) is 43.0. The van der Waals surface area contributed by atoms with Crippen molar-refractivity contribution in [1.29, 1.82) is 0 Å². The number of unbranched alkanes of at least 4 members (excludes halogenated alkanes) is 23. The van der Waals surface area contributed by atoms with E-state index in [9.17, 15) is 14.4 Å². The highest BCUT2D eigenvalue weighted by molar-refractivity contribution is 5.71. The quantitative estimate of drug-likeness (QED) is 0.0283. The number of allylic oxidation sites excluding steroid dienone is 8. The van der Waals surface area contributed by atoms with Crippen LogP contribution in [0.3, 0.4) is 0 Å². The monoisotopic (exact) mass is 826 g/mol. The van der Waals surface area contributed by atoms with Gasteiger partial charge >= 0.3 is 17.9 Å². The molecule has 1 N–H and O–H groups in total. The van der Waals surface area contributed by atoms with E-state index in [2.05, 4.69) is 62.2 Å². The highest BCUT2D eigenvalue weighted by Gasteiger charge is 2.19. The number of esters is 3. The summed E-state index contributed by atoms with van der Waals surface area (Å²) in [7, 11) is 0. The third-order valence-corrected chi connectivity index (χ3v) is 10.4. The summed E-state index contributed by atoms with van der Waals surface area (Å²) in [5.41, 5.74) is 0. The average molecular weight is 826 g/mol. The molecule has 0 heterocycles. The van der Waals surface area contributed by atoms with Gasteiger partial charge in [-0.15, -0.1) is 6.58 Å². The van der Waals surface area contributed by atoms with Crippen molar-refractivity contribution in [3.05, 3.63) is 61.4 Å². The molecular formula is C52H91NO6. The maximum Gasteiger partial charge on any atom is 0.306 e. The van der Waals surface area contributed by atoms with E-state index in [0.29, 0.717) is 19.3 Å². The summed E-state index contributed by atoms with van der Waals surface area (Å²) in [5.74, 6) is -0.948. The molecule has 0 aromatic rings. The van der Waals surface area contributed by atoms with E-state index >= 15 is 0 Å². The Labute approximate surface area is 363 Å². The van der Waals surface area contributed by atoms with E-state index in [1.54, 1.807) is 0 Å². The molecule has 0 spiro atoms. The van der Waals surface area contributed by atoms with Crippen molar-refractivity contribution in [3.63, 3.8) is 0 Å². The molecule has 59 heavy (non-hydrogen) atoms. The first kappa shape index (κ1) is 55.9. The van der Waals surface area contributed by atoms with Gasteiger partial charge in [0, 0.05) is 25.8 Å². The molecule has 0 fully saturated rings. The number of ether oxygens (including phenoxy) is 3. The molecule has 0 saturated carbocycles. The maximum atomic E-state index is 12.8. The summed E-state index contributed by atoms with van der Waals surface area (Å²) >= 11 is 0. The fraction of sp³-hybridized carbons (Fsp3) is 0.750. The van der Waals surface area contributed by atoms with Gasteiger partial charge < -0.3 is 19.5 Å². The molecule has 0 saturated heterocycles. The highest BCUT2D eigenvalue weighted by Crippen LogP contribution is 2.13. The second kappa shape index (κ2) is 47.6. The Morgan fingerprint density at radius 3 is 1.34 bits per heavy atom. The van der Waals surface area contributed by atoms with Crippen molar-refractivity contribution in [2.24, 2.45) is 0 Å². The third kappa shape index (κ3) is 45.8. The summed E-state index contributed by atoms with van der Waals surface area (Å²) < 4.78 is 16.7. The predicted molar refractivity (Wildman–Crippen MR) is 250 cm³/mol. The van der Waals surface area contributed by atoms with Gasteiger partial charge in [0.05, 0.1) is 0 Å². The smallest absolute Gasteiger partial charge is 0.306 e. The molecule has 0 aliphatic carbocycles. The minimum absolute atomic E-state index is 0.0953. The van der Waals surface area contributed by atoms with Gasteiger partial charge in [0.15, 0.2) is 6.10 Å². The van der Waals surface area contributed by atoms with E-state index in [4.69, 9.17) is 14.2 Å². The molecule has 1 unspecified atom stereocenters. The van der Waals surface area contributed by atoms with Gasteiger partial charge in [-0.1, -0.05) is 165 Å². The van der Waals surface area contributed by atoms with Crippen molar-refractivity contribution < 1.29 is 28.6 Å². The third-order valence-electron chi connectivity index (χ3n) is 10.4. The lowest BCUT2D eigenvalue weighted by Crippen LogP contribution is -2.30. The molecule has 0 rings (SSSR count). The predicted octanol–water partition coefficient (Wildman–Crippen LogP) is 14.9. The standard InChI is InChI=1S/C52H91NO6/c1-4-7-10-12-14-16-18-20-22-24-26-28-30-33-37-42-50(54)57-47-49(48-58-51(55)43-38-35-32-36-41-46-53-45-40-9-6-3)59-52(56)44-39-34-31-29-27-25-23-21-19-17-15-13-11-8-5-2/h6,15,17,20-23,40,45,49,53H,3-5,7-14,16,18-19,24-39,41-44,46-48H2,1-2H3/b17-15+,22-20+,23-21+,45-40+. The van der Waals surface area contributed by atoms with Gasteiger partial charge in [-0.2, -0.15) is 0 Å². The summed E-state index contributed by atoms with van der Waals surface area (Å²) in [6, 6.07) is 0. The van der Waals surface area contributed by atoms with Crippen LogP contribution in [0, 0.1) is 0 Å². The molecule has 0 aliphatic heterocycles. The fourth-order valence-corrected chi connectivity index (χ4v) is 6.66. The van der Waals surface area contributed by atoms with Crippen LogP contribution >= 0.6 is 0 Å². The van der Waals surface area contributed by atoms with Crippen LogP contribution in [0.15, 0.2) is 61.4 Å². The van der Waals surface area contributed by atoms with E-state index in [1.807, 2.05) is 18.4 Å². The molecule has 0 bridgehead atoms. The minimum atomic E-state index is -0.796. The molecule has 7 heteroatoms. The lowest BCUT2D eigenvalue weighted by molar-refractivity contribution is -0.167. The lowest BCUT2D eigenvalue weighted by atomic mass is 10.1. The van der Waals surface area contributed by atoms with E-state index < -0.39 is 6.10 Å². The Morgan fingerprint density at radius 1 is 0.458 bits per heavy atom. The number of hydrogen-bond donors (Lipinski definition) is 1. The Morgan fingerprint density at radius 2 is 0.847 bits per heavy atom. The first-order valence-corrected chi connectivity index (χ1v) is 24.5. The Kier molecular flexibility index (Phi) is 45.1. The maximum absolute atomic E-state index is 12.8. The van der Waals surface area contributed by atoms with Crippen molar-refractivity contribution in [2.75, 3.05) is 19.8 Å². The fourth-order valence-electron chi connectivity index (χ4n) is 6.66. The summed E-state index contributed by atoms with van der Waals surface area (Å²) in [6.45, 7) is 8.94. The molecule has 0 radical (unpaired) electrons. The molecule has 340 valence electrons. The molecular weight excluding hydrogens is 735 g/mol. The van der Waals surface area contributed by atoms with Gasteiger partial charge in [0.2, 0.25) is 0 Å². The second-order valence-electron chi connectivity index (χ2n) is 16.2. The Hall–Kier alpha value is -3.09. The lowest BCUT2D eigenvalue weighted by Gasteiger charge is -2.18. The van der Waals surface area contributed by atoms with Crippen LogP contribution in [0.4, 0.5) is 0 Å². The number of nitrogens with one attached hydrogen (secondary N) is 1. The molecule has 1 atom stereocenters. The first-order valence-electron chi connectivity index (χ1n) is 24.5. The summed E-state index contributed by atoms with van der Waals surface area (Å²) in [5, 5.41) is 3.28. The number of carbonyl (C=O) groups excluding carboxylic acids is 3. The van der Waals surface area contributed by atoms with Crippen LogP contribution < -0.4 is 5.32 Å². The number of rotatable bonds is 45. The summed E-state index contributed by atoms with van der Waals surface area (Å²) in [6.07, 6.45) is 53.5. The van der Waals surface area contributed by atoms with Crippen molar-refractivity contribution in [2.45, 2.75) is 232 Å². The van der Waals surface area contributed by atoms with Crippen LogP contribution in [0.25, 0.3) is 0 Å². The van der Waals surface area contributed by atoms with Crippen molar-refractivity contribution in [3.8, 4) is 0 Å². The summed E-state index contributed by atoms with van der Waals surface area (Å²) in [4.78, 5) is 37.8. The highest BCUT2D eigenvalue weighted by atomic mass is 16.6. The zero-order valence-electron chi connectivity index (χ0n) is 38.4. The van der Waals surface area contributed by atoms with Gasteiger partial charge in [0.1, 0.15) is 13.2 Å². The average Bonchev–Trinajstić information content (AvgIpc) is 3.23. The molecule has 0 aromatic carbocycles. The number of carbonyl (C=O) groups is 3. The van der Waals surface area contributed by atoms with Crippen LogP contribution in [0.5, 0.6) is 0 Å². The minimum Gasteiger partial charge on any atom is -0.462 e. The normalized spacial score (nSPS) is 12.2. The van der Waals surface area contributed by atoms with Gasteiger partial charge in [-0.05, 0) is 96.1 Å². The molecule has 0 aliphatic rings. The Bertz CT molecular complexity index is 1080. The van der Waals surface area contributed by atoms with Crippen molar-refractivity contribution in [1.82, 2.24) is 5.32 Å².